The maximum atomic E-state index is 13.0. The van der Waals surface area contributed by atoms with E-state index >= 15 is 0 Å². The van der Waals surface area contributed by atoms with Crippen LogP contribution in [0.4, 0.5) is 15.8 Å². The van der Waals surface area contributed by atoms with E-state index in [2.05, 4.69) is 5.32 Å². The number of rotatable bonds is 4. The molecule has 0 unspecified atom stereocenters. The molecule has 1 saturated carbocycles. The maximum absolute atomic E-state index is 13.0. The average molecular weight is 296 g/mol. The number of benzene rings is 1. The van der Waals surface area contributed by atoms with Gasteiger partial charge in [0.05, 0.1) is 22.8 Å². The Balaban J connectivity index is 2.22. The maximum Gasteiger partial charge on any atom is 0.307 e. The minimum Gasteiger partial charge on any atom is -0.481 e. The van der Waals surface area contributed by atoms with E-state index in [1.165, 1.54) is 0 Å². The number of halogens is 1. The van der Waals surface area contributed by atoms with Gasteiger partial charge in [0, 0.05) is 0 Å². The lowest BCUT2D eigenvalue weighted by Gasteiger charge is -2.06. The largest absolute Gasteiger partial charge is 0.481 e. The molecule has 7 nitrogen and oxygen atoms in total. The van der Waals surface area contributed by atoms with Crippen LogP contribution >= 0.6 is 0 Å². The van der Waals surface area contributed by atoms with E-state index in [0.29, 0.717) is 6.07 Å². The fourth-order valence-corrected chi connectivity index (χ4v) is 2.56. The van der Waals surface area contributed by atoms with Crippen molar-refractivity contribution in [2.24, 2.45) is 17.3 Å². The monoisotopic (exact) mass is 296 g/mol. The standard InChI is InChI=1S/C13H13FN2O5/c1-13(2)9(10(13)12(18)19)11(17)15-7-4-3-6(14)5-8(7)16(20)21/h3-5,9-10H,1-2H3,(H,15,17)(H,18,19)/t9-,10+/m1/s1. The number of aliphatic carboxylic acids is 1. The minimum atomic E-state index is -1.09. The number of hydrogen-bond donors (Lipinski definition) is 2. The van der Waals surface area contributed by atoms with E-state index < -0.39 is 45.6 Å². The predicted octanol–water partition coefficient (Wildman–Crippen LogP) is 2.03. The van der Waals surface area contributed by atoms with Gasteiger partial charge < -0.3 is 10.4 Å². The van der Waals surface area contributed by atoms with Crippen LogP contribution in [0.5, 0.6) is 0 Å². The molecule has 1 fully saturated rings. The van der Waals surface area contributed by atoms with Crippen LogP contribution in [-0.4, -0.2) is 21.9 Å². The van der Waals surface area contributed by atoms with E-state index in [1.807, 2.05) is 0 Å². The molecule has 0 spiro atoms. The Labute approximate surface area is 118 Å². The van der Waals surface area contributed by atoms with Gasteiger partial charge in [-0.05, 0) is 17.5 Å². The molecule has 2 rings (SSSR count). The topological polar surface area (TPSA) is 110 Å². The highest BCUT2D eigenvalue weighted by molar-refractivity contribution is 6.00. The molecule has 2 N–H and O–H groups in total. The second-order valence-electron chi connectivity index (χ2n) is 5.52. The highest BCUT2D eigenvalue weighted by Gasteiger charge is 2.66. The van der Waals surface area contributed by atoms with Crippen molar-refractivity contribution in [3.63, 3.8) is 0 Å². The number of nitro benzene ring substituents is 1. The number of hydrogen-bond acceptors (Lipinski definition) is 4. The molecule has 0 radical (unpaired) electrons. The van der Waals surface area contributed by atoms with Crippen molar-refractivity contribution in [2.75, 3.05) is 5.32 Å². The third kappa shape index (κ3) is 2.56. The van der Waals surface area contributed by atoms with Crippen LogP contribution < -0.4 is 5.32 Å². The molecule has 0 bridgehead atoms. The Kier molecular flexibility index (Phi) is 3.40. The SMILES string of the molecule is CC1(C)[C@H](C(=O)O)[C@@H]1C(=O)Nc1ccc(F)cc1[N+](=O)[O-]. The van der Waals surface area contributed by atoms with E-state index in [0.717, 1.165) is 12.1 Å². The molecule has 21 heavy (non-hydrogen) atoms. The number of carbonyl (C=O) groups excluding carboxylic acids is 1. The fraction of sp³-hybridized carbons (Fsp3) is 0.385. The van der Waals surface area contributed by atoms with Crippen LogP contribution in [0.15, 0.2) is 18.2 Å². The Morgan fingerprint density at radius 2 is 2.00 bits per heavy atom. The number of amides is 1. The summed E-state index contributed by atoms with van der Waals surface area (Å²) in [6.45, 7) is 3.27. The number of carbonyl (C=O) groups is 2. The molecule has 1 aromatic carbocycles. The molecule has 112 valence electrons. The van der Waals surface area contributed by atoms with Gasteiger partial charge >= 0.3 is 5.97 Å². The Bertz CT molecular complexity index is 643. The van der Waals surface area contributed by atoms with Gasteiger partial charge in [0.15, 0.2) is 0 Å². The van der Waals surface area contributed by atoms with Gasteiger partial charge in [-0.1, -0.05) is 13.8 Å². The first kappa shape index (κ1) is 14.9. The van der Waals surface area contributed by atoms with Crippen LogP contribution in [0.25, 0.3) is 0 Å². The van der Waals surface area contributed by atoms with Crippen molar-refractivity contribution in [1.82, 2.24) is 0 Å². The van der Waals surface area contributed by atoms with Crippen molar-refractivity contribution >= 4 is 23.3 Å². The molecule has 1 aliphatic rings. The zero-order valence-corrected chi connectivity index (χ0v) is 11.3. The molecular weight excluding hydrogens is 283 g/mol. The molecule has 0 aromatic heterocycles. The van der Waals surface area contributed by atoms with Gasteiger partial charge in [-0.2, -0.15) is 0 Å². The summed E-state index contributed by atoms with van der Waals surface area (Å²) < 4.78 is 13.0. The van der Waals surface area contributed by atoms with Crippen LogP contribution in [0.1, 0.15) is 13.8 Å². The summed E-state index contributed by atoms with van der Waals surface area (Å²) in [5.41, 5.74) is -1.45. The zero-order valence-electron chi connectivity index (χ0n) is 11.3. The number of anilines is 1. The normalized spacial score (nSPS) is 22.4. The lowest BCUT2D eigenvalue weighted by atomic mass is 10.1. The summed E-state index contributed by atoms with van der Waals surface area (Å²) in [6.07, 6.45) is 0. The quantitative estimate of drug-likeness (QED) is 0.652. The molecule has 1 amide bonds. The number of nitrogens with one attached hydrogen (secondary N) is 1. The number of nitro groups is 1. The summed E-state index contributed by atoms with van der Waals surface area (Å²) in [4.78, 5) is 33.1. The summed E-state index contributed by atoms with van der Waals surface area (Å²) >= 11 is 0. The predicted molar refractivity (Wildman–Crippen MR) is 70.1 cm³/mol. The van der Waals surface area contributed by atoms with Crippen molar-refractivity contribution < 1.29 is 24.0 Å². The lowest BCUT2D eigenvalue weighted by molar-refractivity contribution is -0.384. The average Bonchev–Trinajstić information content (AvgIpc) is 2.94. The molecule has 2 atom stereocenters. The number of carboxylic acids is 1. The summed E-state index contributed by atoms with van der Waals surface area (Å²) in [7, 11) is 0. The third-order valence-corrected chi connectivity index (χ3v) is 3.79. The van der Waals surface area contributed by atoms with Gasteiger partial charge in [0.1, 0.15) is 11.5 Å². The van der Waals surface area contributed by atoms with Gasteiger partial charge in [-0.3, -0.25) is 19.7 Å². The first-order chi connectivity index (χ1) is 9.66. The summed E-state index contributed by atoms with van der Waals surface area (Å²) in [6, 6.07) is 2.76. The van der Waals surface area contributed by atoms with Crippen LogP contribution in [0, 0.1) is 33.2 Å². The molecule has 1 aliphatic carbocycles. The zero-order chi connectivity index (χ0) is 15.9. The molecule has 0 heterocycles. The minimum absolute atomic E-state index is 0.154. The summed E-state index contributed by atoms with van der Waals surface area (Å²) in [5, 5.41) is 22.2. The highest BCUT2D eigenvalue weighted by Crippen LogP contribution is 2.58. The Morgan fingerprint density at radius 3 is 2.48 bits per heavy atom. The second kappa shape index (κ2) is 4.80. The number of carboxylic acid groups (broad SMARTS) is 1. The van der Waals surface area contributed by atoms with Crippen molar-refractivity contribution in [3.05, 3.63) is 34.1 Å². The first-order valence-electron chi connectivity index (χ1n) is 6.14. The smallest absolute Gasteiger partial charge is 0.307 e. The second-order valence-corrected chi connectivity index (χ2v) is 5.52. The lowest BCUT2D eigenvalue weighted by Crippen LogP contribution is -2.18. The van der Waals surface area contributed by atoms with Crippen molar-refractivity contribution in [1.29, 1.82) is 0 Å². The molecular formula is C13H13FN2O5. The van der Waals surface area contributed by atoms with Crippen molar-refractivity contribution in [2.45, 2.75) is 13.8 Å². The van der Waals surface area contributed by atoms with Crippen LogP contribution in [0.3, 0.4) is 0 Å². The van der Waals surface area contributed by atoms with E-state index in [-0.39, 0.29) is 5.69 Å². The van der Waals surface area contributed by atoms with E-state index in [1.54, 1.807) is 13.8 Å². The van der Waals surface area contributed by atoms with E-state index in [4.69, 9.17) is 5.11 Å². The van der Waals surface area contributed by atoms with Gasteiger partial charge in [0.25, 0.3) is 5.69 Å². The molecule has 0 aliphatic heterocycles. The summed E-state index contributed by atoms with van der Waals surface area (Å²) in [5.74, 6) is -4.12. The first-order valence-corrected chi connectivity index (χ1v) is 6.14. The molecule has 0 saturated heterocycles. The fourth-order valence-electron chi connectivity index (χ4n) is 2.56. The Hall–Kier alpha value is -2.51. The highest BCUT2D eigenvalue weighted by atomic mass is 19.1. The van der Waals surface area contributed by atoms with Gasteiger partial charge in [-0.15, -0.1) is 0 Å². The third-order valence-electron chi connectivity index (χ3n) is 3.79. The Morgan fingerprint density at radius 1 is 1.38 bits per heavy atom. The van der Waals surface area contributed by atoms with Crippen molar-refractivity contribution in [3.8, 4) is 0 Å². The van der Waals surface area contributed by atoms with Crippen LogP contribution in [0.2, 0.25) is 0 Å². The van der Waals surface area contributed by atoms with Gasteiger partial charge in [-0.25, -0.2) is 4.39 Å². The van der Waals surface area contributed by atoms with Gasteiger partial charge in [0.2, 0.25) is 5.91 Å². The number of nitrogens with zero attached hydrogens (tertiary/aromatic N) is 1. The van der Waals surface area contributed by atoms with E-state index in [9.17, 15) is 24.1 Å². The molecule has 8 heteroatoms. The molecule has 1 aromatic rings. The van der Waals surface area contributed by atoms with Crippen LogP contribution in [-0.2, 0) is 9.59 Å².